The second-order valence-corrected chi connectivity index (χ2v) is 11.7. The topological polar surface area (TPSA) is 69.0 Å². The Kier molecular flexibility index (Phi) is 11.3. The van der Waals surface area contributed by atoms with E-state index in [1.807, 2.05) is 52.8 Å². The van der Waals surface area contributed by atoms with Crippen molar-refractivity contribution in [3.05, 3.63) is 164 Å². The van der Waals surface area contributed by atoms with Crippen LogP contribution in [0.5, 0.6) is 5.75 Å². The lowest BCUT2D eigenvalue weighted by Crippen LogP contribution is -2.00. The molecule has 264 valence electrons. The molecule has 0 saturated carbocycles. The molecule has 6 nitrogen and oxygen atoms in total. The summed E-state index contributed by atoms with van der Waals surface area (Å²) in [6, 6.07) is 47.3. The van der Waals surface area contributed by atoms with Crippen molar-refractivity contribution in [1.29, 1.82) is 0 Å². The fourth-order valence-electron chi connectivity index (χ4n) is 6.61. The number of hydrogen-bond donors (Lipinski definition) is 1. The summed E-state index contributed by atoms with van der Waals surface area (Å²) in [5.74, 6) is 0.883. The van der Waals surface area contributed by atoms with E-state index < -0.39 is 0 Å². The molecule has 0 radical (unpaired) electrons. The summed E-state index contributed by atoms with van der Waals surface area (Å²) in [5, 5.41) is 23.6. The van der Waals surface area contributed by atoms with Crippen LogP contribution in [0.1, 0.15) is 34.6 Å². The number of fused-ring (bicyclic) bond motifs is 6. The highest BCUT2D eigenvalue weighted by Crippen LogP contribution is 2.38. The summed E-state index contributed by atoms with van der Waals surface area (Å²) in [6.45, 7) is 13.4. The SMILES string of the molecule is C=C/C=C\C.CC.CC.Oc1cccc(-c2nnc(-c3cc(-n4c5ccccc5c5ccccc54)cc(-n4c5ccccc5c5ccccc54)c3)o2)c1. The Morgan fingerprint density at radius 3 is 1.32 bits per heavy atom. The number of allylic oxidation sites excluding steroid dienone is 3. The smallest absolute Gasteiger partial charge is 0.248 e. The Labute approximate surface area is 310 Å². The summed E-state index contributed by atoms with van der Waals surface area (Å²) in [6.07, 6.45) is 5.58. The maximum atomic E-state index is 10.0. The zero-order valence-electron chi connectivity index (χ0n) is 30.9. The van der Waals surface area contributed by atoms with E-state index in [4.69, 9.17) is 4.42 Å². The van der Waals surface area contributed by atoms with Gasteiger partial charge in [-0.25, -0.2) is 0 Å². The summed E-state index contributed by atoms with van der Waals surface area (Å²) < 4.78 is 10.9. The molecular formula is C47H44N4O2. The zero-order chi connectivity index (χ0) is 37.3. The molecule has 0 saturated heterocycles. The van der Waals surface area contributed by atoms with Gasteiger partial charge in [0.25, 0.3) is 0 Å². The molecule has 0 spiro atoms. The van der Waals surface area contributed by atoms with E-state index in [1.54, 1.807) is 24.3 Å². The molecular weight excluding hydrogens is 653 g/mol. The number of phenols is 1. The lowest BCUT2D eigenvalue weighted by Gasteiger charge is -2.14. The highest BCUT2D eigenvalue weighted by atomic mass is 16.4. The Balaban J connectivity index is 0.000000489. The van der Waals surface area contributed by atoms with Gasteiger partial charge < -0.3 is 18.7 Å². The van der Waals surface area contributed by atoms with Gasteiger partial charge in [0.2, 0.25) is 11.8 Å². The molecule has 0 unspecified atom stereocenters. The molecule has 0 aliphatic carbocycles. The summed E-state index contributed by atoms with van der Waals surface area (Å²) >= 11 is 0. The number of rotatable bonds is 5. The maximum absolute atomic E-state index is 10.0. The van der Waals surface area contributed by atoms with Crippen LogP contribution in [0, 0.1) is 0 Å². The molecule has 0 amide bonds. The molecule has 6 heteroatoms. The molecule has 9 rings (SSSR count). The third-order valence-corrected chi connectivity index (χ3v) is 8.67. The standard InChI is InChI=1S/C38H24N4O2.C5H8.2C2H6/c43-28-11-9-10-24(22-28)37-39-40-38(44-37)25-20-26(41-33-16-5-1-12-29(33)30-13-2-6-17-34(30)41)23-27(21-25)42-35-18-7-3-14-31(35)32-15-4-8-19-36(32)42;1-3-5-4-2;2*1-2/h1-23,43H;3-5H,1H2,2H3;2*1-2H3/b;5-4-;;. The number of aromatic nitrogens is 4. The van der Waals surface area contributed by atoms with E-state index in [2.05, 4.69) is 141 Å². The molecule has 3 aromatic heterocycles. The van der Waals surface area contributed by atoms with E-state index in [1.165, 1.54) is 21.5 Å². The van der Waals surface area contributed by atoms with Crippen LogP contribution in [0.15, 0.2) is 169 Å². The summed E-state index contributed by atoms with van der Waals surface area (Å²) in [5.41, 5.74) is 7.87. The molecule has 0 bridgehead atoms. The zero-order valence-corrected chi connectivity index (χ0v) is 30.9. The van der Waals surface area contributed by atoms with Crippen LogP contribution in [-0.4, -0.2) is 24.4 Å². The molecule has 1 N–H and O–H groups in total. The average Bonchev–Trinajstić information content (AvgIpc) is 3.94. The third-order valence-electron chi connectivity index (χ3n) is 8.67. The van der Waals surface area contributed by atoms with Crippen molar-refractivity contribution in [1.82, 2.24) is 19.3 Å². The first-order valence-electron chi connectivity index (χ1n) is 18.1. The first kappa shape index (κ1) is 36.1. The van der Waals surface area contributed by atoms with Crippen molar-refractivity contribution >= 4 is 43.6 Å². The first-order chi connectivity index (χ1) is 26.1. The maximum Gasteiger partial charge on any atom is 0.248 e. The molecule has 53 heavy (non-hydrogen) atoms. The number of hydrogen-bond acceptors (Lipinski definition) is 4. The lowest BCUT2D eigenvalue weighted by atomic mass is 10.1. The third kappa shape index (κ3) is 7.00. The predicted molar refractivity (Wildman–Crippen MR) is 223 cm³/mol. The van der Waals surface area contributed by atoms with Gasteiger partial charge >= 0.3 is 0 Å². The van der Waals surface area contributed by atoms with Crippen molar-refractivity contribution in [3.8, 4) is 40.0 Å². The number of benzene rings is 6. The van der Waals surface area contributed by atoms with Gasteiger partial charge in [-0.3, -0.25) is 0 Å². The lowest BCUT2D eigenvalue weighted by molar-refractivity contribution is 0.475. The van der Waals surface area contributed by atoms with Gasteiger partial charge in [-0.15, -0.1) is 10.2 Å². The largest absolute Gasteiger partial charge is 0.508 e. The molecule has 3 heterocycles. The van der Waals surface area contributed by atoms with Gasteiger partial charge in [-0.05, 0) is 67.6 Å². The second kappa shape index (κ2) is 16.6. The van der Waals surface area contributed by atoms with Crippen LogP contribution in [0.4, 0.5) is 0 Å². The normalized spacial score (nSPS) is 10.8. The molecule has 0 aliphatic rings. The monoisotopic (exact) mass is 696 g/mol. The van der Waals surface area contributed by atoms with Crippen molar-refractivity contribution in [3.63, 3.8) is 0 Å². The number of nitrogens with zero attached hydrogens (tertiary/aromatic N) is 4. The summed E-state index contributed by atoms with van der Waals surface area (Å²) in [7, 11) is 0. The van der Waals surface area contributed by atoms with Crippen LogP contribution >= 0.6 is 0 Å². The van der Waals surface area contributed by atoms with E-state index >= 15 is 0 Å². The fourth-order valence-corrected chi connectivity index (χ4v) is 6.61. The predicted octanol–water partition coefficient (Wildman–Crippen LogP) is 13.1. The van der Waals surface area contributed by atoms with Gasteiger partial charge in [0.1, 0.15) is 5.75 Å². The molecule has 0 fully saturated rings. The Hall–Kier alpha value is -6.66. The molecule has 0 aliphatic heterocycles. The van der Waals surface area contributed by atoms with E-state index in [9.17, 15) is 5.11 Å². The van der Waals surface area contributed by atoms with Gasteiger partial charge in [0, 0.05) is 44.0 Å². The van der Waals surface area contributed by atoms with E-state index in [0.717, 1.165) is 39.0 Å². The van der Waals surface area contributed by atoms with E-state index in [0.29, 0.717) is 17.3 Å². The number of aromatic hydroxyl groups is 1. The average molecular weight is 697 g/mol. The van der Waals surface area contributed by atoms with Gasteiger partial charge in [-0.1, -0.05) is 131 Å². The minimum atomic E-state index is 0.143. The number of para-hydroxylation sites is 4. The first-order valence-corrected chi connectivity index (χ1v) is 18.1. The second-order valence-electron chi connectivity index (χ2n) is 11.7. The van der Waals surface area contributed by atoms with Gasteiger partial charge in [-0.2, -0.15) is 0 Å². The molecule has 9 aromatic rings. The molecule has 0 atom stereocenters. The Bertz CT molecular complexity index is 2440. The minimum absolute atomic E-state index is 0.143. The summed E-state index contributed by atoms with van der Waals surface area (Å²) in [4.78, 5) is 0. The highest BCUT2D eigenvalue weighted by Gasteiger charge is 2.19. The van der Waals surface area contributed by atoms with Crippen LogP contribution in [0.3, 0.4) is 0 Å². The Morgan fingerprint density at radius 1 is 0.528 bits per heavy atom. The van der Waals surface area contributed by atoms with Crippen molar-refractivity contribution in [2.75, 3.05) is 0 Å². The van der Waals surface area contributed by atoms with Gasteiger partial charge in [0.05, 0.1) is 22.1 Å². The number of phenolic OH excluding ortho intramolecular Hbond substituents is 1. The minimum Gasteiger partial charge on any atom is -0.508 e. The fraction of sp³-hybridized carbons (Fsp3) is 0.106. The van der Waals surface area contributed by atoms with Crippen LogP contribution in [0.25, 0.3) is 77.9 Å². The highest BCUT2D eigenvalue weighted by molar-refractivity contribution is 6.10. The van der Waals surface area contributed by atoms with Crippen LogP contribution < -0.4 is 0 Å². The molecule has 6 aromatic carbocycles. The van der Waals surface area contributed by atoms with Crippen molar-refractivity contribution in [2.45, 2.75) is 34.6 Å². The van der Waals surface area contributed by atoms with E-state index in [-0.39, 0.29) is 5.75 Å². The van der Waals surface area contributed by atoms with Crippen LogP contribution in [0.2, 0.25) is 0 Å². The van der Waals surface area contributed by atoms with Crippen LogP contribution in [-0.2, 0) is 0 Å². The Morgan fingerprint density at radius 2 is 0.943 bits per heavy atom. The van der Waals surface area contributed by atoms with Gasteiger partial charge in [0.15, 0.2) is 0 Å². The quantitative estimate of drug-likeness (QED) is 0.182. The van der Waals surface area contributed by atoms with Crippen molar-refractivity contribution in [2.24, 2.45) is 0 Å². The van der Waals surface area contributed by atoms with Crippen molar-refractivity contribution < 1.29 is 9.52 Å².